The topological polar surface area (TPSA) is 29.5 Å². The van der Waals surface area contributed by atoms with Crippen molar-refractivity contribution in [1.82, 2.24) is 0 Å². The molecule has 0 amide bonds. The first-order valence-electron chi connectivity index (χ1n) is 5.58. The number of benzene rings is 2. The Morgan fingerprint density at radius 1 is 1.21 bits per heavy atom. The molecule has 0 bridgehead atoms. The number of para-hydroxylation sites is 1. The Morgan fingerprint density at radius 3 is 2.58 bits per heavy atom. The molecule has 100 valence electrons. The van der Waals surface area contributed by atoms with Crippen molar-refractivity contribution in [1.29, 1.82) is 0 Å². The fraction of sp³-hybridized carbons (Fsp3) is 0.143. The summed E-state index contributed by atoms with van der Waals surface area (Å²) in [5.41, 5.74) is 0.306. The molecule has 5 heteroatoms. The van der Waals surface area contributed by atoms with Gasteiger partial charge < -0.3 is 9.84 Å². The second-order valence-electron chi connectivity index (χ2n) is 4.04. The van der Waals surface area contributed by atoms with Crippen molar-refractivity contribution in [2.45, 2.75) is 13.0 Å². The summed E-state index contributed by atoms with van der Waals surface area (Å²) in [5.74, 6) is -1.06. The van der Waals surface area contributed by atoms with Crippen LogP contribution in [-0.4, -0.2) is 5.11 Å². The molecule has 0 heterocycles. The average molecular weight is 329 g/mol. The van der Waals surface area contributed by atoms with Crippen molar-refractivity contribution in [3.05, 3.63) is 58.1 Å². The second kappa shape index (κ2) is 5.67. The van der Waals surface area contributed by atoms with E-state index in [2.05, 4.69) is 15.9 Å². The van der Waals surface area contributed by atoms with Gasteiger partial charge in [-0.05, 0) is 25.1 Å². The third-order valence-corrected chi connectivity index (χ3v) is 2.96. The van der Waals surface area contributed by atoms with Crippen molar-refractivity contribution >= 4 is 15.9 Å². The van der Waals surface area contributed by atoms with E-state index in [1.165, 1.54) is 31.2 Å². The van der Waals surface area contributed by atoms with Crippen molar-refractivity contribution in [2.24, 2.45) is 0 Å². The van der Waals surface area contributed by atoms with Gasteiger partial charge in [-0.1, -0.05) is 28.1 Å². The summed E-state index contributed by atoms with van der Waals surface area (Å²) < 4.78 is 32.8. The zero-order valence-corrected chi connectivity index (χ0v) is 11.6. The van der Waals surface area contributed by atoms with Gasteiger partial charge in [0, 0.05) is 16.1 Å². The van der Waals surface area contributed by atoms with E-state index in [-0.39, 0.29) is 11.5 Å². The highest BCUT2D eigenvalue weighted by atomic mass is 79.9. The van der Waals surface area contributed by atoms with Gasteiger partial charge in [-0.25, -0.2) is 8.78 Å². The zero-order chi connectivity index (χ0) is 14.0. The van der Waals surface area contributed by atoms with Crippen LogP contribution in [-0.2, 0) is 0 Å². The monoisotopic (exact) mass is 328 g/mol. The van der Waals surface area contributed by atoms with E-state index in [0.29, 0.717) is 10.0 Å². The van der Waals surface area contributed by atoms with E-state index in [1.807, 2.05) is 0 Å². The van der Waals surface area contributed by atoms with Crippen molar-refractivity contribution in [3.63, 3.8) is 0 Å². The summed E-state index contributed by atoms with van der Waals surface area (Å²) in [6, 6.07) is 8.17. The number of halogens is 3. The molecule has 0 aliphatic carbocycles. The minimum Gasteiger partial charge on any atom is -0.454 e. The van der Waals surface area contributed by atoms with E-state index < -0.39 is 17.7 Å². The van der Waals surface area contributed by atoms with Crippen LogP contribution < -0.4 is 4.74 Å². The highest BCUT2D eigenvalue weighted by Crippen LogP contribution is 2.33. The number of aliphatic hydroxyl groups is 1. The minimum atomic E-state index is -0.886. The molecule has 0 spiro atoms. The number of hydrogen-bond donors (Lipinski definition) is 1. The van der Waals surface area contributed by atoms with Gasteiger partial charge in [-0.15, -0.1) is 0 Å². The number of ether oxygens (including phenoxy) is 1. The predicted octanol–water partition coefficient (Wildman–Crippen LogP) is 4.57. The molecular formula is C14H11BrF2O2. The zero-order valence-electron chi connectivity index (χ0n) is 10.0. The third-order valence-electron chi connectivity index (χ3n) is 2.50. The molecule has 0 aliphatic heterocycles. The molecule has 2 aromatic rings. The lowest BCUT2D eigenvalue weighted by molar-refractivity contribution is 0.194. The van der Waals surface area contributed by atoms with Crippen molar-refractivity contribution < 1.29 is 18.6 Å². The quantitative estimate of drug-likeness (QED) is 0.894. The summed E-state index contributed by atoms with van der Waals surface area (Å²) >= 11 is 3.13. The smallest absolute Gasteiger partial charge is 0.168 e. The SMILES string of the molecule is C[C@@H](O)c1cccc(F)c1Oc1cc(F)cc(Br)c1. The van der Waals surface area contributed by atoms with Crippen LogP contribution in [0.15, 0.2) is 40.9 Å². The molecule has 0 fully saturated rings. The predicted molar refractivity (Wildman–Crippen MR) is 71.2 cm³/mol. The van der Waals surface area contributed by atoms with Crippen LogP contribution >= 0.6 is 15.9 Å². The Morgan fingerprint density at radius 2 is 1.95 bits per heavy atom. The lowest BCUT2D eigenvalue weighted by Gasteiger charge is -2.14. The molecule has 0 unspecified atom stereocenters. The first kappa shape index (κ1) is 14.0. The maximum absolute atomic E-state index is 13.8. The molecule has 2 aromatic carbocycles. The molecule has 0 saturated carbocycles. The number of rotatable bonds is 3. The van der Waals surface area contributed by atoms with Crippen LogP contribution in [0.4, 0.5) is 8.78 Å². The Kier molecular flexibility index (Phi) is 4.17. The molecule has 19 heavy (non-hydrogen) atoms. The second-order valence-corrected chi connectivity index (χ2v) is 4.96. The van der Waals surface area contributed by atoms with E-state index in [1.54, 1.807) is 6.07 Å². The first-order chi connectivity index (χ1) is 8.97. The Hall–Kier alpha value is -1.46. The lowest BCUT2D eigenvalue weighted by Crippen LogP contribution is -1.99. The fourth-order valence-corrected chi connectivity index (χ4v) is 2.11. The van der Waals surface area contributed by atoms with E-state index in [0.717, 1.165) is 6.07 Å². The molecule has 1 atom stereocenters. The first-order valence-corrected chi connectivity index (χ1v) is 6.37. The van der Waals surface area contributed by atoms with Crippen LogP contribution in [0.25, 0.3) is 0 Å². The van der Waals surface area contributed by atoms with Gasteiger partial charge in [-0.3, -0.25) is 0 Å². The van der Waals surface area contributed by atoms with E-state index in [4.69, 9.17) is 4.74 Å². The summed E-state index contributed by atoms with van der Waals surface area (Å²) in [7, 11) is 0. The van der Waals surface area contributed by atoms with Crippen LogP contribution in [0.1, 0.15) is 18.6 Å². The molecule has 0 aromatic heterocycles. The van der Waals surface area contributed by atoms with Gasteiger partial charge >= 0.3 is 0 Å². The summed E-state index contributed by atoms with van der Waals surface area (Å²) in [6.45, 7) is 1.50. The van der Waals surface area contributed by atoms with Gasteiger partial charge in [0.15, 0.2) is 11.6 Å². The average Bonchev–Trinajstić information content (AvgIpc) is 2.30. The molecule has 1 N–H and O–H groups in total. The van der Waals surface area contributed by atoms with Crippen LogP contribution in [0.5, 0.6) is 11.5 Å². The largest absolute Gasteiger partial charge is 0.454 e. The standard InChI is InChI=1S/C14H11BrF2O2/c1-8(18)12-3-2-4-13(17)14(12)19-11-6-9(15)5-10(16)7-11/h2-8,18H,1H3/t8-/m1/s1. The maximum atomic E-state index is 13.8. The molecule has 2 rings (SSSR count). The molecule has 2 nitrogen and oxygen atoms in total. The Labute approximate surface area is 117 Å². The highest BCUT2D eigenvalue weighted by Gasteiger charge is 2.15. The third kappa shape index (κ3) is 3.30. The summed E-state index contributed by atoms with van der Waals surface area (Å²) in [4.78, 5) is 0. The molecule has 0 saturated heterocycles. The van der Waals surface area contributed by atoms with E-state index in [9.17, 15) is 13.9 Å². The normalized spacial score (nSPS) is 12.3. The molecule has 0 radical (unpaired) electrons. The van der Waals surface area contributed by atoms with Crippen LogP contribution in [0.2, 0.25) is 0 Å². The van der Waals surface area contributed by atoms with Crippen molar-refractivity contribution in [2.75, 3.05) is 0 Å². The number of aliphatic hydroxyl groups excluding tert-OH is 1. The summed E-state index contributed by atoms with van der Waals surface area (Å²) in [6.07, 6.45) is -0.886. The lowest BCUT2D eigenvalue weighted by atomic mass is 10.1. The Balaban J connectivity index is 2.42. The van der Waals surface area contributed by atoms with Crippen LogP contribution in [0.3, 0.4) is 0 Å². The molecule has 0 aliphatic rings. The van der Waals surface area contributed by atoms with Gasteiger partial charge in [-0.2, -0.15) is 0 Å². The van der Waals surface area contributed by atoms with Crippen LogP contribution in [0, 0.1) is 11.6 Å². The molecular weight excluding hydrogens is 318 g/mol. The van der Waals surface area contributed by atoms with Crippen molar-refractivity contribution in [3.8, 4) is 11.5 Å². The van der Waals surface area contributed by atoms with Gasteiger partial charge in [0.2, 0.25) is 0 Å². The number of hydrogen-bond acceptors (Lipinski definition) is 2. The highest BCUT2D eigenvalue weighted by molar-refractivity contribution is 9.10. The summed E-state index contributed by atoms with van der Waals surface area (Å²) in [5, 5.41) is 9.59. The fourth-order valence-electron chi connectivity index (χ4n) is 1.67. The van der Waals surface area contributed by atoms with E-state index >= 15 is 0 Å². The van der Waals surface area contributed by atoms with Gasteiger partial charge in [0.1, 0.15) is 11.6 Å². The Bertz CT molecular complexity index is 580. The van der Waals surface area contributed by atoms with Gasteiger partial charge in [0.05, 0.1) is 6.10 Å². The van der Waals surface area contributed by atoms with Gasteiger partial charge in [0.25, 0.3) is 0 Å². The minimum absolute atomic E-state index is 0.102. The maximum Gasteiger partial charge on any atom is 0.168 e.